The van der Waals surface area contributed by atoms with Crippen LogP contribution in [-0.4, -0.2) is 16.4 Å². The number of carbonyl (C=O) groups excluding carboxylic acids is 2. The summed E-state index contributed by atoms with van der Waals surface area (Å²) in [5.41, 5.74) is 7.92. The molecule has 1 heterocycles. The highest BCUT2D eigenvalue weighted by molar-refractivity contribution is 5.98. The Kier molecular flexibility index (Phi) is 4.38. The van der Waals surface area contributed by atoms with Gasteiger partial charge in [-0.1, -0.05) is 18.2 Å². The number of hydrogen-bond donors (Lipinski definition) is 2. The molecular weight excluding hydrogens is 322 g/mol. The van der Waals surface area contributed by atoms with Gasteiger partial charge in [0.1, 0.15) is 0 Å². The molecule has 0 aliphatic rings. The van der Waals surface area contributed by atoms with Crippen LogP contribution in [0.1, 0.15) is 22.3 Å². The fraction of sp³-hybridized carbons (Fsp3) is 0.167. The molecule has 3 rings (SSSR count). The predicted molar refractivity (Wildman–Crippen MR) is 93.4 cm³/mol. The van der Waals surface area contributed by atoms with Crippen LogP contribution in [0.25, 0.3) is 11.1 Å². The van der Waals surface area contributed by atoms with Crippen LogP contribution >= 0.6 is 0 Å². The van der Waals surface area contributed by atoms with Gasteiger partial charge in [0.2, 0.25) is 11.8 Å². The number of amides is 2. The molecule has 0 atom stereocenters. The summed E-state index contributed by atoms with van der Waals surface area (Å²) in [5, 5.41) is 2.74. The van der Waals surface area contributed by atoms with Gasteiger partial charge in [0, 0.05) is 24.2 Å². The molecule has 1 aromatic heterocycles. The summed E-state index contributed by atoms with van der Waals surface area (Å²) in [6.07, 6.45) is 0.0870. The summed E-state index contributed by atoms with van der Waals surface area (Å²) in [4.78, 5) is 35.5. The quantitative estimate of drug-likeness (QED) is 0.741. The lowest BCUT2D eigenvalue weighted by Crippen LogP contribution is -2.20. The van der Waals surface area contributed by atoms with Crippen molar-refractivity contribution < 1.29 is 14.0 Å². The number of hydrogen-bond acceptors (Lipinski definition) is 4. The Balaban J connectivity index is 1.73. The molecule has 7 nitrogen and oxygen atoms in total. The first-order valence-electron chi connectivity index (χ1n) is 7.75. The first-order chi connectivity index (χ1) is 12.0. The van der Waals surface area contributed by atoms with Gasteiger partial charge in [0.15, 0.2) is 5.58 Å². The second-order valence-electron chi connectivity index (χ2n) is 5.63. The zero-order valence-corrected chi connectivity index (χ0v) is 13.6. The monoisotopic (exact) mass is 339 g/mol. The number of aryl methyl sites for hydroxylation is 1. The average Bonchev–Trinajstić information content (AvgIpc) is 2.90. The molecule has 0 aliphatic carbocycles. The van der Waals surface area contributed by atoms with Crippen molar-refractivity contribution in [3.63, 3.8) is 0 Å². The van der Waals surface area contributed by atoms with Crippen molar-refractivity contribution in [1.29, 1.82) is 0 Å². The number of fused-ring (bicyclic) bond motifs is 1. The Morgan fingerprint density at radius 3 is 2.68 bits per heavy atom. The van der Waals surface area contributed by atoms with Gasteiger partial charge in [-0.2, -0.15) is 0 Å². The van der Waals surface area contributed by atoms with E-state index in [0.717, 1.165) is 0 Å². The Morgan fingerprint density at radius 1 is 1.16 bits per heavy atom. The highest BCUT2D eigenvalue weighted by atomic mass is 16.4. The van der Waals surface area contributed by atoms with E-state index in [-0.39, 0.29) is 18.9 Å². The molecule has 0 aliphatic heterocycles. The van der Waals surface area contributed by atoms with E-state index in [1.54, 1.807) is 49.4 Å². The van der Waals surface area contributed by atoms with Crippen molar-refractivity contribution in [2.24, 2.45) is 5.73 Å². The second-order valence-corrected chi connectivity index (χ2v) is 5.63. The Labute approximate surface area is 143 Å². The molecule has 0 radical (unpaired) electrons. The summed E-state index contributed by atoms with van der Waals surface area (Å²) in [5.74, 6) is -1.33. The average molecular weight is 339 g/mol. The van der Waals surface area contributed by atoms with Gasteiger partial charge in [-0.3, -0.25) is 14.2 Å². The molecule has 7 heteroatoms. The molecule has 2 aromatic carbocycles. The highest BCUT2D eigenvalue weighted by Gasteiger charge is 2.13. The number of aromatic nitrogens is 1. The zero-order chi connectivity index (χ0) is 18.0. The van der Waals surface area contributed by atoms with Crippen LogP contribution in [0.2, 0.25) is 0 Å². The van der Waals surface area contributed by atoms with Crippen molar-refractivity contribution in [2.75, 3.05) is 5.32 Å². The minimum Gasteiger partial charge on any atom is -0.408 e. The lowest BCUT2D eigenvalue weighted by atomic mass is 10.1. The number of anilines is 1. The van der Waals surface area contributed by atoms with Crippen LogP contribution in [0, 0.1) is 6.92 Å². The van der Waals surface area contributed by atoms with Gasteiger partial charge in [0.05, 0.1) is 5.52 Å². The number of primary amides is 1. The van der Waals surface area contributed by atoms with E-state index in [2.05, 4.69) is 5.32 Å². The topological polar surface area (TPSA) is 107 Å². The van der Waals surface area contributed by atoms with Gasteiger partial charge in [0.25, 0.3) is 0 Å². The fourth-order valence-electron chi connectivity index (χ4n) is 2.69. The molecule has 25 heavy (non-hydrogen) atoms. The largest absolute Gasteiger partial charge is 0.419 e. The number of nitrogens with one attached hydrogen (secondary N) is 1. The standard InChI is InChI=1S/C18H17N3O4/c1-11-12(17(19)23)5-4-6-13(11)20-16(22)9-10-21-14-7-2-3-8-15(14)25-18(21)24/h2-8H,9-10H2,1H3,(H2,19,23)(H,20,22). The van der Waals surface area contributed by atoms with Crippen LogP contribution in [0.5, 0.6) is 0 Å². The van der Waals surface area contributed by atoms with Crippen molar-refractivity contribution in [3.8, 4) is 0 Å². The molecule has 3 aromatic rings. The molecule has 2 amide bonds. The van der Waals surface area contributed by atoms with E-state index >= 15 is 0 Å². The van der Waals surface area contributed by atoms with Gasteiger partial charge >= 0.3 is 5.76 Å². The second kappa shape index (κ2) is 6.64. The first-order valence-corrected chi connectivity index (χ1v) is 7.75. The van der Waals surface area contributed by atoms with Crippen molar-refractivity contribution >= 4 is 28.6 Å². The summed E-state index contributed by atoms with van der Waals surface area (Å²) in [7, 11) is 0. The number of para-hydroxylation sites is 2. The smallest absolute Gasteiger partial charge is 0.408 e. The van der Waals surface area contributed by atoms with Crippen LogP contribution in [0.4, 0.5) is 5.69 Å². The van der Waals surface area contributed by atoms with Gasteiger partial charge in [-0.15, -0.1) is 0 Å². The number of benzene rings is 2. The van der Waals surface area contributed by atoms with Crippen molar-refractivity contribution in [1.82, 2.24) is 4.57 Å². The van der Waals surface area contributed by atoms with Gasteiger partial charge in [-0.05, 0) is 36.8 Å². The predicted octanol–water partition coefficient (Wildman–Crippen LogP) is 2.03. The zero-order valence-electron chi connectivity index (χ0n) is 13.6. The van der Waals surface area contributed by atoms with Crippen molar-refractivity contribution in [2.45, 2.75) is 19.9 Å². The van der Waals surface area contributed by atoms with Crippen LogP contribution in [0.15, 0.2) is 51.7 Å². The number of nitrogens with two attached hydrogens (primary N) is 1. The third kappa shape index (κ3) is 3.30. The molecule has 0 saturated carbocycles. The lowest BCUT2D eigenvalue weighted by molar-refractivity contribution is -0.116. The van der Waals surface area contributed by atoms with Crippen LogP contribution in [-0.2, 0) is 11.3 Å². The lowest BCUT2D eigenvalue weighted by Gasteiger charge is -2.11. The Bertz CT molecular complexity index is 1020. The number of carbonyl (C=O) groups is 2. The summed E-state index contributed by atoms with van der Waals surface area (Å²) < 4.78 is 6.55. The maximum Gasteiger partial charge on any atom is 0.419 e. The molecule has 3 N–H and O–H groups in total. The van der Waals surface area contributed by atoms with Crippen LogP contribution < -0.4 is 16.8 Å². The van der Waals surface area contributed by atoms with Crippen molar-refractivity contribution in [3.05, 3.63) is 64.1 Å². The third-order valence-electron chi connectivity index (χ3n) is 4.01. The maximum absolute atomic E-state index is 12.2. The number of nitrogens with zero attached hydrogens (tertiary/aromatic N) is 1. The Morgan fingerprint density at radius 2 is 1.92 bits per heavy atom. The third-order valence-corrected chi connectivity index (χ3v) is 4.01. The Hall–Kier alpha value is -3.35. The van der Waals surface area contributed by atoms with E-state index in [1.807, 2.05) is 0 Å². The summed E-state index contributed by atoms with van der Waals surface area (Å²) >= 11 is 0. The molecule has 128 valence electrons. The molecule has 0 unspecified atom stereocenters. The summed E-state index contributed by atoms with van der Waals surface area (Å²) in [6.45, 7) is 1.90. The first kappa shape index (κ1) is 16.5. The van der Waals surface area contributed by atoms with Gasteiger partial charge in [-0.25, -0.2) is 4.79 Å². The van der Waals surface area contributed by atoms with E-state index in [9.17, 15) is 14.4 Å². The highest BCUT2D eigenvalue weighted by Crippen LogP contribution is 2.19. The van der Waals surface area contributed by atoms with E-state index < -0.39 is 11.7 Å². The van der Waals surface area contributed by atoms with E-state index in [4.69, 9.17) is 10.2 Å². The fourth-order valence-corrected chi connectivity index (χ4v) is 2.69. The number of oxazole rings is 1. The number of rotatable bonds is 5. The molecular formula is C18H17N3O4. The van der Waals surface area contributed by atoms with Crippen LogP contribution in [0.3, 0.4) is 0 Å². The molecule has 0 saturated heterocycles. The van der Waals surface area contributed by atoms with E-state index in [0.29, 0.717) is 27.9 Å². The molecule has 0 bridgehead atoms. The minimum absolute atomic E-state index is 0.0870. The summed E-state index contributed by atoms with van der Waals surface area (Å²) in [6, 6.07) is 12.0. The van der Waals surface area contributed by atoms with E-state index in [1.165, 1.54) is 4.57 Å². The maximum atomic E-state index is 12.2. The molecule has 0 spiro atoms. The SMILES string of the molecule is Cc1c(NC(=O)CCn2c(=O)oc3ccccc32)cccc1C(N)=O. The minimum atomic E-state index is -0.551. The normalized spacial score (nSPS) is 10.8. The molecule has 0 fully saturated rings. The van der Waals surface area contributed by atoms with Gasteiger partial charge < -0.3 is 15.5 Å².